The summed E-state index contributed by atoms with van der Waals surface area (Å²) in [6.07, 6.45) is -3.35. The predicted octanol–water partition coefficient (Wildman–Crippen LogP) is -3.06. The van der Waals surface area contributed by atoms with Crippen LogP contribution in [0.25, 0.3) is 0 Å². The van der Waals surface area contributed by atoms with Crippen molar-refractivity contribution in [2.24, 2.45) is 0 Å². The molecule has 0 bridgehead atoms. The maximum Gasteiger partial charge on any atom is 0.219 e. The van der Waals surface area contributed by atoms with E-state index in [0.29, 0.717) is 0 Å². The molecule has 0 spiro atoms. The van der Waals surface area contributed by atoms with Crippen LogP contribution in [0.1, 0.15) is 0 Å². The first-order chi connectivity index (χ1) is 5.55. The Bertz CT molecular complexity index is 162. The van der Waals surface area contributed by atoms with Crippen LogP contribution in [-0.4, -0.2) is 56.7 Å². The molecule has 71 valence electrons. The molecule has 0 aromatic heterocycles. The van der Waals surface area contributed by atoms with Crippen LogP contribution in [-0.2, 0) is 4.74 Å². The van der Waals surface area contributed by atoms with Crippen LogP contribution in [0.5, 0.6) is 0 Å². The van der Waals surface area contributed by atoms with Crippen LogP contribution in [0.15, 0.2) is 0 Å². The number of aliphatic hydroxyl groups is 5. The van der Waals surface area contributed by atoms with Gasteiger partial charge in [-0.3, -0.25) is 0 Å². The summed E-state index contributed by atoms with van der Waals surface area (Å²) >= 11 is 0. The van der Waals surface area contributed by atoms with Crippen LogP contribution in [0.2, 0.25) is 0 Å². The minimum absolute atomic E-state index is 0.251. The molecule has 1 fully saturated rings. The smallest absolute Gasteiger partial charge is 0.219 e. The van der Waals surface area contributed by atoms with Crippen LogP contribution in [0.3, 0.4) is 0 Å². The van der Waals surface area contributed by atoms with Crippen molar-refractivity contribution in [1.82, 2.24) is 0 Å². The first kappa shape index (κ1) is 9.85. The highest BCUT2D eigenvalue weighted by Crippen LogP contribution is 2.32. The van der Waals surface area contributed by atoms with E-state index >= 15 is 0 Å². The zero-order chi connectivity index (χ0) is 9.35. The molecule has 1 heterocycles. The van der Waals surface area contributed by atoms with Gasteiger partial charge in [0.2, 0.25) is 5.79 Å². The number of rotatable bonds is 2. The second kappa shape index (κ2) is 3.25. The fourth-order valence-electron chi connectivity index (χ4n) is 1.02. The van der Waals surface area contributed by atoms with Crippen molar-refractivity contribution in [3.05, 3.63) is 6.10 Å². The van der Waals surface area contributed by atoms with E-state index in [4.69, 9.17) is 20.4 Å². The van der Waals surface area contributed by atoms with E-state index in [1.165, 1.54) is 0 Å². The molecule has 0 aliphatic carbocycles. The third-order valence-electron chi connectivity index (χ3n) is 1.78. The van der Waals surface area contributed by atoms with Crippen molar-refractivity contribution in [3.63, 3.8) is 0 Å². The fraction of sp³-hybridized carbons (Fsp3) is 0.833. The monoisotopic (exact) mass is 179 g/mol. The second-order valence-electron chi connectivity index (χ2n) is 2.62. The lowest BCUT2D eigenvalue weighted by molar-refractivity contribution is -0.234. The average Bonchev–Trinajstić information content (AvgIpc) is 2.31. The average molecular weight is 179 g/mol. The molecule has 1 aliphatic heterocycles. The number of ether oxygens (including phenoxy) is 1. The zero-order valence-electron chi connectivity index (χ0n) is 6.21. The van der Waals surface area contributed by atoms with Gasteiger partial charge in [0.15, 0.2) is 6.10 Å². The Kier molecular flexibility index (Phi) is 2.67. The summed E-state index contributed by atoms with van der Waals surface area (Å²) in [5.41, 5.74) is 0. The third-order valence-corrected chi connectivity index (χ3v) is 1.78. The molecule has 6 heteroatoms. The lowest BCUT2D eigenvalue weighted by Gasteiger charge is -2.22. The fourth-order valence-corrected chi connectivity index (χ4v) is 1.02. The number of hydrogen-bond donors (Lipinski definition) is 5. The molecule has 0 saturated carbocycles. The van der Waals surface area contributed by atoms with E-state index in [0.717, 1.165) is 0 Å². The van der Waals surface area contributed by atoms with E-state index in [2.05, 4.69) is 4.74 Å². The highest BCUT2D eigenvalue weighted by Gasteiger charge is 2.53. The molecule has 0 amide bonds. The van der Waals surface area contributed by atoms with E-state index < -0.39 is 31.2 Å². The summed E-state index contributed by atoms with van der Waals surface area (Å²) in [6, 6.07) is 0. The maximum atomic E-state index is 9.23. The molecule has 1 radical (unpaired) electrons. The van der Waals surface area contributed by atoms with Gasteiger partial charge in [-0.2, -0.15) is 0 Å². The summed E-state index contributed by atoms with van der Waals surface area (Å²) in [4.78, 5) is 0. The zero-order valence-corrected chi connectivity index (χ0v) is 6.21. The normalized spacial score (nSPS) is 43.8. The molecule has 0 aromatic rings. The predicted molar refractivity (Wildman–Crippen MR) is 35.5 cm³/mol. The van der Waals surface area contributed by atoms with E-state index in [1.54, 1.807) is 0 Å². The molecule has 1 rings (SSSR count). The Morgan fingerprint density at radius 1 is 1.33 bits per heavy atom. The molecule has 3 atom stereocenters. The van der Waals surface area contributed by atoms with Crippen molar-refractivity contribution in [2.45, 2.75) is 18.0 Å². The topological polar surface area (TPSA) is 110 Å². The lowest BCUT2D eigenvalue weighted by Crippen LogP contribution is -2.46. The van der Waals surface area contributed by atoms with Gasteiger partial charge in [0.1, 0.15) is 12.2 Å². The van der Waals surface area contributed by atoms with Gasteiger partial charge in [-0.15, -0.1) is 0 Å². The molecule has 5 N–H and O–H groups in total. The van der Waals surface area contributed by atoms with Crippen molar-refractivity contribution < 1.29 is 30.3 Å². The first-order valence-electron chi connectivity index (χ1n) is 3.40. The van der Waals surface area contributed by atoms with Gasteiger partial charge in [0.25, 0.3) is 0 Å². The van der Waals surface area contributed by atoms with Crippen molar-refractivity contribution in [3.8, 4) is 0 Å². The number of hydrogen-bond acceptors (Lipinski definition) is 6. The Hall–Kier alpha value is -0.240. The van der Waals surface area contributed by atoms with Crippen LogP contribution < -0.4 is 0 Å². The largest absolute Gasteiger partial charge is 0.393 e. The van der Waals surface area contributed by atoms with Gasteiger partial charge in [-0.05, 0) is 0 Å². The Morgan fingerprint density at radius 2 is 1.92 bits per heavy atom. The Morgan fingerprint density at radius 3 is 2.17 bits per heavy atom. The minimum atomic E-state index is -2.20. The SMILES string of the molecule is OC[C]1O[C@](O)(CO)[C@@H](O)[C@@H]1O. The molecule has 1 saturated heterocycles. The molecule has 0 aromatic carbocycles. The molecule has 12 heavy (non-hydrogen) atoms. The quantitative estimate of drug-likeness (QED) is 0.308. The first-order valence-corrected chi connectivity index (χ1v) is 3.40. The highest BCUT2D eigenvalue weighted by molar-refractivity contribution is 5.05. The number of aliphatic hydroxyl groups excluding tert-OH is 4. The summed E-state index contributed by atoms with van der Waals surface area (Å²) < 4.78 is 4.54. The maximum absolute atomic E-state index is 9.23. The van der Waals surface area contributed by atoms with E-state index in [1.807, 2.05) is 0 Å². The van der Waals surface area contributed by atoms with Gasteiger partial charge < -0.3 is 30.3 Å². The highest BCUT2D eigenvalue weighted by atomic mass is 16.7. The summed E-state index contributed by atoms with van der Waals surface area (Å²) in [6.45, 7) is -1.46. The van der Waals surface area contributed by atoms with Crippen LogP contribution >= 0.6 is 0 Å². The van der Waals surface area contributed by atoms with Gasteiger partial charge in [-0.25, -0.2) is 0 Å². The van der Waals surface area contributed by atoms with Gasteiger partial charge in [0, 0.05) is 0 Å². The standard InChI is InChI=1S/C6H11O6/c7-1-3-4(9)5(10)6(11,2-8)12-3/h4-5,7-11H,1-2H2/t4-,5+,6-/m1/s1. The van der Waals surface area contributed by atoms with Gasteiger partial charge in [0.05, 0.1) is 13.2 Å². The molecule has 6 nitrogen and oxygen atoms in total. The summed E-state index contributed by atoms with van der Waals surface area (Å²) in [5, 5.41) is 44.6. The van der Waals surface area contributed by atoms with E-state index in [9.17, 15) is 5.11 Å². The van der Waals surface area contributed by atoms with E-state index in [-0.39, 0.29) is 6.10 Å². The lowest BCUT2D eigenvalue weighted by atomic mass is 10.1. The molecule has 1 aliphatic rings. The third kappa shape index (κ3) is 1.33. The molecular weight excluding hydrogens is 168 g/mol. The molecular formula is C6H11O6. The molecule has 0 unspecified atom stereocenters. The summed E-state index contributed by atoms with van der Waals surface area (Å²) in [5.74, 6) is -2.20. The van der Waals surface area contributed by atoms with Crippen molar-refractivity contribution in [1.29, 1.82) is 0 Å². The van der Waals surface area contributed by atoms with Gasteiger partial charge in [-0.1, -0.05) is 0 Å². The summed E-state index contributed by atoms with van der Waals surface area (Å²) in [7, 11) is 0. The Balaban J connectivity index is 2.72. The van der Waals surface area contributed by atoms with Crippen molar-refractivity contribution >= 4 is 0 Å². The minimum Gasteiger partial charge on any atom is -0.393 e. The Labute approximate surface area is 68.6 Å². The van der Waals surface area contributed by atoms with Crippen molar-refractivity contribution in [2.75, 3.05) is 13.2 Å². The van der Waals surface area contributed by atoms with Crippen LogP contribution in [0, 0.1) is 6.10 Å². The van der Waals surface area contributed by atoms with Gasteiger partial charge >= 0.3 is 0 Å². The van der Waals surface area contributed by atoms with Crippen LogP contribution in [0.4, 0.5) is 0 Å². The second-order valence-corrected chi connectivity index (χ2v) is 2.62.